The molecule has 0 heterocycles. The molecule has 1 rings (SSSR count). The first-order chi connectivity index (χ1) is 6.43. The molecule has 5 heteroatoms. The van der Waals surface area contributed by atoms with Crippen molar-refractivity contribution in [3.63, 3.8) is 0 Å². The molecule has 0 N–H and O–H groups in total. The molecule has 0 spiro atoms. The maximum Gasteiger partial charge on any atom is 0.440 e. The number of halogens is 3. The van der Waals surface area contributed by atoms with Crippen LogP contribution in [0.4, 0.5) is 13.2 Å². The molecule has 1 nitrogen and oxygen atoms in total. The van der Waals surface area contributed by atoms with E-state index in [2.05, 4.69) is 0 Å². The van der Waals surface area contributed by atoms with Crippen LogP contribution in [0.3, 0.4) is 0 Å². The molecule has 0 saturated carbocycles. The molecule has 0 aliphatic heterocycles. The minimum Gasteiger partial charge on any atom is -0.616 e. The van der Waals surface area contributed by atoms with Gasteiger partial charge in [0.2, 0.25) is 5.25 Å². The SMILES string of the molecule is C[S+]([O-])C(c1ccccc1)C(F)(F)F. The summed E-state index contributed by atoms with van der Waals surface area (Å²) >= 11 is -1.95. The molecule has 0 bridgehead atoms. The van der Waals surface area contributed by atoms with E-state index < -0.39 is 22.6 Å². The van der Waals surface area contributed by atoms with Gasteiger partial charge in [0.1, 0.15) is 0 Å². The van der Waals surface area contributed by atoms with Gasteiger partial charge in [0.05, 0.1) is 6.26 Å². The van der Waals surface area contributed by atoms with Gasteiger partial charge in [-0.25, -0.2) is 0 Å². The molecule has 1 aromatic rings. The van der Waals surface area contributed by atoms with E-state index in [4.69, 9.17) is 0 Å². The van der Waals surface area contributed by atoms with Crippen LogP contribution in [0, 0.1) is 0 Å². The van der Waals surface area contributed by atoms with E-state index in [0.29, 0.717) is 0 Å². The van der Waals surface area contributed by atoms with Crippen molar-refractivity contribution < 1.29 is 17.7 Å². The molecular weight excluding hydrogens is 213 g/mol. The van der Waals surface area contributed by atoms with Gasteiger partial charge in [-0.15, -0.1) is 0 Å². The van der Waals surface area contributed by atoms with Gasteiger partial charge in [-0.3, -0.25) is 0 Å². The highest BCUT2D eigenvalue weighted by Crippen LogP contribution is 2.38. The van der Waals surface area contributed by atoms with Crippen molar-refractivity contribution in [1.29, 1.82) is 0 Å². The van der Waals surface area contributed by atoms with Crippen molar-refractivity contribution in [3.05, 3.63) is 35.9 Å². The van der Waals surface area contributed by atoms with Crippen molar-refractivity contribution in [1.82, 2.24) is 0 Å². The predicted octanol–water partition coefficient (Wildman–Crippen LogP) is 2.67. The highest BCUT2D eigenvalue weighted by Gasteiger charge is 2.47. The summed E-state index contributed by atoms with van der Waals surface area (Å²) in [4.78, 5) is 0. The first-order valence-electron chi connectivity index (χ1n) is 3.87. The van der Waals surface area contributed by atoms with Crippen molar-refractivity contribution in [3.8, 4) is 0 Å². The Hall–Kier alpha value is -0.680. The molecule has 0 aromatic heterocycles. The lowest BCUT2D eigenvalue weighted by Crippen LogP contribution is -2.27. The van der Waals surface area contributed by atoms with E-state index in [9.17, 15) is 17.7 Å². The monoisotopic (exact) mass is 222 g/mol. The molecular formula is C9H9F3OS. The van der Waals surface area contributed by atoms with Gasteiger partial charge in [0.15, 0.2) is 0 Å². The second-order valence-corrected chi connectivity index (χ2v) is 4.30. The Bertz CT molecular complexity index is 284. The second kappa shape index (κ2) is 4.23. The average molecular weight is 222 g/mol. The molecule has 0 amide bonds. The van der Waals surface area contributed by atoms with Crippen LogP contribution >= 0.6 is 0 Å². The summed E-state index contributed by atoms with van der Waals surface area (Å²) in [5.74, 6) is 0. The van der Waals surface area contributed by atoms with Crippen LogP contribution in [0.2, 0.25) is 0 Å². The second-order valence-electron chi connectivity index (χ2n) is 2.83. The minimum atomic E-state index is -4.46. The Morgan fingerprint density at radius 3 is 2.07 bits per heavy atom. The van der Waals surface area contributed by atoms with Crippen LogP contribution in [-0.2, 0) is 11.2 Å². The molecule has 2 unspecified atom stereocenters. The molecule has 0 aliphatic carbocycles. The number of hydrogen-bond donors (Lipinski definition) is 0. The van der Waals surface area contributed by atoms with Crippen LogP contribution in [0.25, 0.3) is 0 Å². The average Bonchev–Trinajstić information content (AvgIpc) is 2.02. The lowest BCUT2D eigenvalue weighted by atomic mass is 10.1. The summed E-state index contributed by atoms with van der Waals surface area (Å²) in [5.41, 5.74) is 0.0424. The van der Waals surface area contributed by atoms with Gasteiger partial charge in [-0.05, 0) is 11.2 Å². The van der Waals surface area contributed by atoms with E-state index in [1.54, 1.807) is 6.07 Å². The molecule has 0 radical (unpaired) electrons. The highest BCUT2D eigenvalue weighted by molar-refractivity contribution is 7.91. The minimum absolute atomic E-state index is 0.0424. The van der Waals surface area contributed by atoms with Gasteiger partial charge in [-0.2, -0.15) is 13.2 Å². The smallest absolute Gasteiger partial charge is 0.440 e. The third kappa shape index (κ3) is 2.65. The molecule has 14 heavy (non-hydrogen) atoms. The van der Waals surface area contributed by atoms with Crippen LogP contribution < -0.4 is 0 Å². The number of hydrogen-bond acceptors (Lipinski definition) is 1. The summed E-state index contributed by atoms with van der Waals surface area (Å²) in [6.45, 7) is 0. The van der Waals surface area contributed by atoms with Crippen LogP contribution in [0.1, 0.15) is 10.8 Å². The lowest BCUT2D eigenvalue weighted by Gasteiger charge is -2.21. The van der Waals surface area contributed by atoms with Crippen molar-refractivity contribution in [2.45, 2.75) is 11.4 Å². The van der Waals surface area contributed by atoms with Crippen LogP contribution in [0.15, 0.2) is 30.3 Å². The van der Waals surface area contributed by atoms with E-state index in [0.717, 1.165) is 6.26 Å². The Balaban J connectivity index is 3.02. The number of benzene rings is 1. The zero-order valence-electron chi connectivity index (χ0n) is 7.41. The van der Waals surface area contributed by atoms with Crippen molar-refractivity contribution in [2.75, 3.05) is 6.26 Å². The number of alkyl halides is 3. The number of rotatable bonds is 2. The predicted molar refractivity (Wildman–Crippen MR) is 49.3 cm³/mol. The van der Waals surface area contributed by atoms with E-state index in [-0.39, 0.29) is 5.56 Å². The zero-order valence-corrected chi connectivity index (χ0v) is 8.23. The van der Waals surface area contributed by atoms with Crippen molar-refractivity contribution in [2.24, 2.45) is 0 Å². The van der Waals surface area contributed by atoms with E-state index >= 15 is 0 Å². The first kappa shape index (κ1) is 11.4. The zero-order chi connectivity index (χ0) is 10.8. The summed E-state index contributed by atoms with van der Waals surface area (Å²) in [5, 5.41) is -1.89. The fourth-order valence-electron chi connectivity index (χ4n) is 1.20. The van der Waals surface area contributed by atoms with Crippen molar-refractivity contribution >= 4 is 11.2 Å². The largest absolute Gasteiger partial charge is 0.616 e. The molecule has 1 aromatic carbocycles. The third-order valence-corrected chi connectivity index (χ3v) is 2.93. The van der Waals surface area contributed by atoms with Crippen LogP contribution in [-0.4, -0.2) is 17.0 Å². The third-order valence-electron chi connectivity index (χ3n) is 1.73. The molecule has 0 fully saturated rings. The molecule has 2 atom stereocenters. The van der Waals surface area contributed by atoms with E-state index in [1.807, 2.05) is 0 Å². The van der Waals surface area contributed by atoms with Crippen LogP contribution in [0.5, 0.6) is 0 Å². The standard InChI is InChI=1S/C9H9F3OS/c1-14(13)8(9(10,11)12)7-5-3-2-4-6-7/h2-6,8H,1H3. The summed E-state index contributed by atoms with van der Waals surface area (Å²) in [6, 6.07) is 7.29. The molecule has 0 saturated heterocycles. The fourth-order valence-corrected chi connectivity index (χ4v) is 2.11. The Labute approximate surface area is 83.1 Å². The van der Waals surface area contributed by atoms with Gasteiger partial charge < -0.3 is 4.55 Å². The summed E-state index contributed by atoms with van der Waals surface area (Å²) in [7, 11) is 0. The van der Waals surface area contributed by atoms with Gasteiger partial charge in [0, 0.05) is 5.56 Å². The highest BCUT2D eigenvalue weighted by atomic mass is 32.2. The quantitative estimate of drug-likeness (QED) is 0.705. The Kier molecular flexibility index (Phi) is 3.44. The lowest BCUT2D eigenvalue weighted by molar-refractivity contribution is -0.131. The maximum atomic E-state index is 12.5. The molecule has 0 aliphatic rings. The Morgan fingerprint density at radius 1 is 1.21 bits per heavy atom. The fraction of sp³-hybridized carbons (Fsp3) is 0.333. The van der Waals surface area contributed by atoms with Gasteiger partial charge in [0.25, 0.3) is 0 Å². The Morgan fingerprint density at radius 2 is 1.71 bits per heavy atom. The van der Waals surface area contributed by atoms with E-state index in [1.165, 1.54) is 24.3 Å². The maximum absolute atomic E-state index is 12.5. The van der Waals surface area contributed by atoms with Gasteiger partial charge >= 0.3 is 6.18 Å². The topological polar surface area (TPSA) is 23.1 Å². The first-order valence-corrected chi connectivity index (χ1v) is 5.49. The van der Waals surface area contributed by atoms with Gasteiger partial charge in [-0.1, -0.05) is 30.3 Å². The summed E-state index contributed by atoms with van der Waals surface area (Å²) < 4.78 is 48.4. The molecule has 78 valence electrons. The summed E-state index contributed by atoms with van der Waals surface area (Å²) in [6.07, 6.45) is -3.40. The normalized spacial score (nSPS) is 16.4.